The molecule has 0 fully saturated rings. The average molecular weight is 375 g/mol. The first kappa shape index (κ1) is 19.1. The van der Waals surface area contributed by atoms with Crippen molar-refractivity contribution in [2.75, 3.05) is 25.0 Å². The molecule has 0 radical (unpaired) electrons. The van der Waals surface area contributed by atoms with Crippen LogP contribution in [0.4, 0.5) is 18.9 Å². The average Bonchev–Trinajstić information content (AvgIpc) is 2.57. The van der Waals surface area contributed by atoms with Gasteiger partial charge in [-0.15, -0.1) is 0 Å². The lowest BCUT2D eigenvalue weighted by molar-refractivity contribution is 0.146. The van der Waals surface area contributed by atoms with Crippen LogP contribution >= 0.6 is 0 Å². The number of nitrogens with one attached hydrogen (secondary N) is 1. The fourth-order valence-corrected chi connectivity index (χ4v) is 3.14. The highest BCUT2D eigenvalue weighted by Gasteiger charge is 2.20. The molecule has 25 heavy (non-hydrogen) atoms. The fourth-order valence-electron chi connectivity index (χ4n) is 1.99. The van der Waals surface area contributed by atoms with Gasteiger partial charge in [-0.1, -0.05) is 0 Å². The minimum absolute atomic E-state index is 0.173. The number of halogens is 3. The third-order valence-electron chi connectivity index (χ3n) is 3.28. The number of sulfonamides is 1. The van der Waals surface area contributed by atoms with Crippen LogP contribution in [-0.4, -0.2) is 28.7 Å². The molecular formula is C16H16F3NO4S. The molecule has 0 aromatic heterocycles. The van der Waals surface area contributed by atoms with E-state index in [-0.39, 0.29) is 4.90 Å². The largest absolute Gasteiger partial charge is 0.491 e. The maximum absolute atomic E-state index is 13.7. The first-order chi connectivity index (χ1) is 11.8. The summed E-state index contributed by atoms with van der Waals surface area (Å²) in [5.74, 6) is -4.30. The van der Waals surface area contributed by atoms with Crippen LogP contribution in [-0.2, 0) is 14.8 Å². The Hall–Kier alpha value is -2.26. The van der Waals surface area contributed by atoms with E-state index in [1.165, 1.54) is 25.3 Å². The zero-order valence-corrected chi connectivity index (χ0v) is 14.3. The van der Waals surface area contributed by atoms with E-state index < -0.39 is 33.2 Å². The van der Waals surface area contributed by atoms with Crippen molar-refractivity contribution in [3.8, 4) is 5.75 Å². The summed E-state index contributed by atoms with van der Waals surface area (Å²) >= 11 is 0. The molecule has 9 heteroatoms. The van der Waals surface area contributed by atoms with E-state index in [9.17, 15) is 21.6 Å². The summed E-state index contributed by atoms with van der Waals surface area (Å²) < 4.78 is 76.6. The van der Waals surface area contributed by atoms with Crippen molar-refractivity contribution >= 4 is 15.7 Å². The van der Waals surface area contributed by atoms with Crippen molar-refractivity contribution in [3.05, 3.63) is 53.3 Å². The van der Waals surface area contributed by atoms with E-state index in [0.29, 0.717) is 30.6 Å². The molecule has 0 spiro atoms. The summed E-state index contributed by atoms with van der Waals surface area (Å²) in [7, 11) is -2.67. The van der Waals surface area contributed by atoms with Crippen LogP contribution < -0.4 is 9.46 Å². The van der Waals surface area contributed by atoms with Gasteiger partial charge in [-0.05, 0) is 42.8 Å². The first-order valence-corrected chi connectivity index (χ1v) is 8.63. The first-order valence-electron chi connectivity index (χ1n) is 7.15. The van der Waals surface area contributed by atoms with Crippen molar-refractivity contribution in [2.45, 2.75) is 11.8 Å². The standard InChI is InChI=1S/C16H16F3NO4S/c1-10-9-11(3-6-14(10)24-8-7-23-2)25(21,22)20-13-5-4-12(17)15(18)16(13)19/h3-6,9,20H,7-8H2,1-2H3. The molecule has 2 rings (SSSR count). The molecule has 0 aliphatic heterocycles. The Morgan fingerprint density at radius 1 is 1.04 bits per heavy atom. The maximum Gasteiger partial charge on any atom is 0.262 e. The number of aryl methyl sites for hydroxylation is 1. The summed E-state index contributed by atoms with van der Waals surface area (Å²) in [4.78, 5) is -0.173. The van der Waals surface area contributed by atoms with Gasteiger partial charge in [-0.3, -0.25) is 4.72 Å². The number of ether oxygens (including phenoxy) is 2. The normalized spacial score (nSPS) is 11.4. The number of methoxy groups -OCH3 is 1. The SMILES string of the molecule is COCCOc1ccc(S(=O)(=O)Nc2ccc(F)c(F)c2F)cc1C. The van der Waals surface area contributed by atoms with E-state index in [4.69, 9.17) is 9.47 Å². The zero-order chi connectivity index (χ0) is 18.6. The van der Waals surface area contributed by atoms with Gasteiger partial charge in [0.25, 0.3) is 10.0 Å². The van der Waals surface area contributed by atoms with Crippen LogP contribution in [0.1, 0.15) is 5.56 Å². The van der Waals surface area contributed by atoms with Gasteiger partial charge in [-0.25, -0.2) is 21.6 Å². The second kappa shape index (κ2) is 7.75. The molecule has 2 aromatic rings. The fraction of sp³-hybridized carbons (Fsp3) is 0.250. The van der Waals surface area contributed by atoms with Gasteiger partial charge in [0.15, 0.2) is 17.5 Å². The second-order valence-electron chi connectivity index (χ2n) is 5.10. The summed E-state index contributed by atoms with van der Waals surface area (Å²) in [5.41, 5.74) is -0.151. The summed E-state index contributed by atoms with van der Waals surface area (Å²) in [6.45, 7) is 2.30. The third-order valence-corrected chi connectivity index (χ3v) is 4.64. The maximum atomic E-state index is 13.7. The number of anilines is 1. The highest BCUT2D eigenvalue weighted by Crippen LogP contribution is 2.26. The van der Waals surface area contributed by atoms with Crippen molar-refractivity contribution in [2.24, 2.45) is 0 Å². The quantitative estimate of drug-likeness (QED) is 0.596. The molecule has 1 N–H and O–H groups in total. The van der Waals surface area contributed by atoms with Gasteiger partial charge in [0.05, 0.1) is 17.2 Å². The Balaban J connectivity index is 2.25. The van der Waals surface area contributed by atoms with Gasteiger partial charge < -0.3 is 9.47 Å². The molecule has 136 valence electrons. The monoisotopic (exact) mass is 375 g/mol. The number of hydrogen-bond donors (Lipinski definition) is 1. The van der Waals surface area contributed by atoms with Crippen LogP contribution in [0.2, 0.25) is 0 Å². The number of hydrogen-bond acceptors (Lipinski definition) is 4. The summed E-state index contributed by atoms with van der Waals surface area (Å²) in [6.07, 6.45) is 0. The van der Waals surface area contributed by atoms with Crippen molar-refractivity contribution in [1.29, 1.82) is 0 Å². The van der Waals surface area contributed by atoms with Gasteiger partial charge in [0.2, 0.25) is 0 Å². The van der Waals surface area contributed by atoms with Gasteiger partial charge in [0, 0.05) is 7.11 Å². The van der Waals surface area contributed by atoms with Crippen molar-refractivity contribution in [1.82, 2.24) is 0 Å². The third kappa shape index (κ3) is 4.43. The lowest BCUT2D eigenvalue weighted by atomic mass is 10.2. The zero-order valence-electron chi connectivity index (χ0n) is 13.5. The van der Waals surface area contributed by atoms with Crippen LogP contribution in [0.5, 0.6) is 5.75 Å². The van der Waals surface area contributed by atoms with E-state index in [0.717, 1.165) is 6.07 Å². The van der Waals surface area contributed by atoms with Gasteiger partial charge in [0.1, 0.15) is 12.4 Å². The molecule has 5 nitrogen and oxygen atoms in total. The van der Waals surface area contributed by atoms with Gasteiger partial charge in [-0.2, -0.15) is 0 Å². The Labute approximate surface area is 143 Å². The van der Waals surface area contributed by atoms with Crippen molar-refractivity contribution < 1.29 is 31.1 Å². The Kier molecular flexibility index (Phi) is 5.91. The lowest BCUT2D eigenvalue weighted by Crippen LogP contribution is -2.15. The smallest absolute Gasteiger partial charge is 0.262 e. The molecule has 0 saturated carbocycles. The van der Waals surface area contributed by atoms with Crippen molar-refractivity contribution in [3.63, 3.8) is 0 Å². The minimum atomic E-state index is -4.19. The van der Waals surface area contributed by atoms with E-state index in [1.54, 1.807) is 6.92 Å². The van der Waals surface area contributed by atoms with E-state index >= 15 is 0 Å². The predicted octanol–water partition coefficient (Wildman–Crippen LogP) is 3.24. The highest BCUT2D eigenvalue weighted by molar-refractivity contribution is 7.92. The molecule has 2 aromatic carbocycles. The second-order valence-corrected chi connectivity index (χ2v) is 6.78. The van der Waals surface area contributed by atoms with Crippen LogP contribution in [0.3, 0.4) is 0 Å². The molecule has 0 atom stereocenters. The lowest BCUT2D eigenvalue weighted by Gasteiger charge is -2.12. The summed E-state index contributed by atoms with van der Waals surface area (Å²) in [5, 5.41) is 0. The molecule has 0 unspecified atom stereocenters. The molecule has 0 bridgehead atoms. The molecule has 0 saturated heterocycles. The highest BCUT2D eigenvalue weighted by atomic mass is 32.2. The van der Waals surface area contributed by atoms with E-state index in [1.807, 2.05) is 4.72 Å². The number of rotatable bonds is 7. The predicted molar refractivity (Wildman–Crippen MR) is 85.7 cm³/mol. The minimum Gasteiger partial charge on any atom is -0.491 e. The Bertz CT molecular complexity index is 872. The molecule has 0 amide bonds. The van der Waals surface area contributed by atoms with Crippen LogP contribution in [0.15, 0.2) is 35.2 Å². The molecular weight excluding hydrogens is 359 g/mol. The molecule has 0 aliphatic carbocycles. The molecule has 0 aliphatic rings. The van der Waals surface area contributed by atoms with Crippen LogP contribution in [0, 0.1) is 24.4 Å². The van der Waals surface area contributed by atoms with Gasteiger partial charge >= 0.3 is 0 Å². The molecule has 0 heterocycles. The topological polar surface area (TPSA) is 64.6 Å². The van der Waals surface area contributed by atoms with E-state index in [2.05, 4.69) is 0 Å². The summed E-state index contributed by atoms with van der Waals surface area (Å²) in [6, 6.07) is 5.47. The van der Waals surface area contributed by atoms with Crippen LogP contribution in [0.25, 0.3) is 0 Å². The Morgan fingerprint density at radius 3 is 2.40 bits per heavy atom. The Morgan fingerprint density at radius 2 is 1.76 bits per heavy atom. The number of benzene rings is 2.